The molecule has 0 amide bonds. The topological polar surface area (TPSA) is 78.7 Å². The van der Waals surface area contributed by atoms with Gasteiger partial charge in [0.05, 0.1) is 4.92 Å². The van der Waals surface area contributed by atoms with Gasteiger partial charge in [-0.2, -0.15) is 0 Å². The molecule has 26 heavy (non-hydrogen) atoms. The summed E-state index contributed by atoms with van der Waals surface area (Å²) in [5.41, 5.74) is 1.81. The van der Waals surface area contributed by atoms with Gasteiger partial charge < -0.3 is 9.47 Å². The first-order chi connectivity index (χ1) is 12.5. The average molecular weight is 353 g/mol. The van der Waals surface area contributed by atoms with Crippen molar-refractivity contribution in [2.45, 2.75) is 19.8 Å². The summed E-state index contributed by atoms with van der Waals surface area (Å²) in [7, 11) is 0. The van der Waals surface area contributed by atoms with Crippen LogP contribution in [0.2, 0.25) is 0 Å². The van der Waals surface area contributed by atoms with E-state index in [1.165, 1.54) is 12.1 Å². The predicted molar refractivity (Wildman–Crippen MR) is 98.0 cm³/mol. The Labute approximate surface area is 151 Å². The van der Waals surface area contributed by atoms with Crippen LogP contribution in [0.4, 0.5) is 5.69 Å². The molecule has 2 aromatic rings. The molecule has 3 rings (SSSR count). The van der Waals surface area contributed by atoms with Gasteiger partial charge >= 0.3 is 0 Å². The number of ether oxygens (including phenoxy) is 2. The van der Waals surface area contributed by atoms with Crippen molar-refractivity contribution in [2.75, 3.05) is 13.2 Å². The molecule has 0 aliphatic carbocycles. The molecule has 0 fully saturated rings. The molecule has 0 radical (unpaired) electrons. The molecule has 1 aliphatic rings. The fourth-order valence-electron chi connectivity index (χ4n) is 2.78. The normalized spacial score (nSPS) is 13.2. The van der Waals surface area contributed by atoms with Gasteiger partial charge in [0.25, 0.3) is 5.69 Å². The lowest BCUT2D eigenvalue weighted by Gasteiger charge is -2.18. The zero-order valence-corrected chi connectivity index (χ0v) is 14.6. The van der Waals surface area contributed by atoms with Crippen molar-refractivity contribution in [1.82, 2.24) is 0 Å². The van der Waals surface area contributed by atoms with Gasteiger partial charge in [0.2, 0.25) is 0 Å². The first kappa shape index (κ1) is 17.7. The molecule has 6 heteroatoms. The van der Waals surface area contributed by atoms with Crippen LogP contribution < -0.4 is 9.47 Å². The van der Waals surface area contributed by atoms with Gasteiger partial charge in [-0.1, -0.05) is 32.1 Å². The number of carbonyl (C=O) groups is 1. The van der Waals surface area contributed by atoms with E-state index in [0.29, 0.717) is 41.4 Å². The molecule has 2 aromatic carbocycles. The van der Waals surface area contributed by atoms with E-state index in [9.17, 15) is 14.9 Å². The number of nitro groups is 1. The highest BCUT2D eigenvalue weighted by Crippen LogP contribution is 2.31. The van der Waals surface area contributed by atoms with E-state index >= 15 is 0 Å². The van der Waals surface area contributed by atoms with E-state index in [4.69, 9.17) is 9.47 Å². The quantitative estimate of drug-likeness (QED) is 0.345. The van der Waals surface area contributed by atoms with E-state index in [2.05, 4.69) is 0 Å². The SMILES string of the molecule is CC(C)c1ccc(/C=C/C(=O)c2ccc3c(c2)OCCO3)cc1[N+](=O)[O-]. The van der Waals surface area contributed by atoms with Crippen molar-refractivity contribution in [3.05, 3.63) is 69.3 Å². The van der Waals surface area contributed by atoms with Crippen LogP contribution in [-0.4, -0.2) is 23.9 Å². The van der Waals surface area contributed by atoms with Crippen LogP contribution in [0.1, 0.15) is 41.3 Å². The highest BCUT2D eigenvalue weighted by atomic mass is 16.6. The van der Waals surface area contributed by atoms with Crippen molar-refractivity contribution in [3.8, 4) is 11.5 Å². The highest BCUT2D eigenvalue weighted by molar-refractivity contribution is 6.07. The molecule has 0 saturated heterocycles. The third kappa shape index (κ3) is 3.74. The van der Waals surface area contributed by atoms with E-state index < -0.39 is 4.92 Å². The molecule has 0 N–H and O–H groups in total. The van der Waals surface area contributed by atoms with E-state index in [-0.39, 0.29) is 17.4 Å². The second-order valence-corrected chi connectivity index (χ2v) is 6.29. The fourth-order valence-corrected chi connectivity index (χ4v) is 2.78. The predicted octanol–water partition coefficient (Wildman–Crippen LogP) is 4.39. The van der Waals surface area contributed by atoms with Crippen LogP contribution in [0.15, 0.2) is 42.5 Å². The Hall–Kier alpha value is -3.15. The van der Waals surface area contributed by atoms with E-state index in [1.54, 1.807) is 36.4 Å². The molecule has 6 nitrogen and oxygen atoms in total. The monoisotopic (exact) mass is 353 g/mol. The maximum absolute atomic E-state index is 12.4. The standard InChI is InChI=1S/C20H19NO5/c1-13(2)16-6-3-14(11-17(16)21(23)24)4-7-18(22)15-5-8-19-20(12-15)26-10-9-25-19/h3-8,11-13H,9-10H2,1-2H3/b7-4+. The Balaban J connectivity index is 1.82. The smallest absolute Gasteiger partial charge is 0.273 e. The van der Waals surface area contributed by atoms with Crippen LogP contribution >= 0.6 is 0 Å². The number of hydrogen-bond donors (Lipinski definition) is 0. The Morgan fingerprint density at radius 1 is 1.12 bits per heavy atom. The number of hydrogen-bond acceptors (Lipinski definition) is 5. The summed E-state index contributed by atoms with van der Waals surface area (Å²) < 4.78 is 10.9. The number of fused-ring (bicyclic) bond motifs is 1. The van der Waals surface area contributed by atoms with Crippen LogP contribution in [0.5, 0.6) is 11.5 Å². The molecular weight excluding hydrogens is 334 g/mol. The van der Waals surface area contributed by atoms with Crippen LogP contribution in [0, 0.1) is 10.1 Å². The number of nitrogens with zero attached hydrogens (tertiary/aromatic N) is 1. The second kappa shape index (κ2) is 7.39. The van der Waals surface area contributed by atoms with E-state index in [0.717, 1.165) is 0 Å². The molecule has 0 unspecified atom stereocenters. The van der Waals surface area contributed by atoms with Gasteiger partial charge in [-0.15, -0.1) is 0 Å². The van der Waals surface area contributed by atoms with Crippen molar-refractivity contribution >= 4 is 17.5 Å². The summed E-state index contributed by atoms with van der Waals surface area (Å²) in [4.78, 5) is 23.3. The van der Waals surface area contributed by atoms with Gasteiger partial charge in [-0.3, -0.25) is 14.9 Å². The van der Waals surface area contributed by atoms with Crippen molar-refractivity contribution in [1.29, 1.82) is 0 Å². The summed E-state index contributed by atoms with van der Waals surface area (Å²) >= 11 is 0. The minimum atomic E-state index is -0.394. The third-order valence-corrected chi connectivity index (χ3v) is 4.13. The highest BCUT2D eigenvalue weighted by Gasteiger charge is 2.17. The zero-order chi connectivity index (χ0) is 18.7. The minimum Gasteiger partial charge on any atom is -0.486 e. The van der Waals surface area contributed by atoms with Crippen LogP contribution in [-0.2, 0) is 0 Å². The lowest BCUT2D eigenvalue weighted by Crippen LogP contribution is -2.15. The lowest BCUT2D eigenvalue weighted by atomic mass is 9.99. The molecular formula is C20H19NO5. The molecule has 134 valence electrons. The van der Waals surface area contributed by atoms with Gasteiger partial charge in [-0.25, -0.2) is 0 Å². The maximum Gasteiger partial charge on any atom is 0.273 e. The van der Waals surface area contributed by atoms with E-state index in [1.807, 2.05) is 13.8 Å². The Morgan fingerprint density at radius 3 is 2.54 bits per heavy atom. The Kier molecular flexibility index (Phi) is 5.02. The fraction of sp³-hybridized carbons (Fsp3) is 0.250. The van der Waals surface area contributed by atoms with Gasteiger partial charge in [0.1, 0.15) is 13.2 Å². The molecule has 0 atom stereocenters. The first-order valence-electron chi connectivity index (χ1n) is 8.36. The number of carbonyl (C=O) groups excluding carboxylic acids is 1. The molecule has 0 aromatic heterocycles. The summed E-state index contributed by atoms with van der Waals surface area (Å²) in [6.45, 7) is 4.75. The molecule has 0 saturated carbocycles. The summed E-state index contributed by atoms with van der Waals surface area (Å²) in [5, 5.41) is 11.3. The molecule has 0 spiro atoms. The van der Waals surface area contributed by atoms with Gasteiger partial charge in [-0.05, 0) is 35.8 Å². The molecule has 1 aliphatic heterocycles. The minimum absolute atomic E-state index is 0.0489. The lowest BCUT2D eigenvalue weighted by molar-refractivity contribution is -0.385. The van der Waals surface area contributed by atoms with Crippen molar-refractivity contribution in [3.63, 3.8) is 0 Å². The largest absolute Gasteiger partial charge is 0.486 e. The summed E-state index contributed by atoms with van der Waals surface area (Å²) in [5.74, 6) is 1.01. The molecule has 1 heterocycles. The summed E-state index contributed by atoms with van der Waals surface area (Å²) in [6, 6.07) is 10.0. The zero-order valence-electron chi connectivity index (χ0n) is 14.6. The number of rotatable bonds is 5. The summed E-state index contributed by atoms with van der Waals surface area (Å²) in [6.07, 6.45) is 2.98. The van der Waals surface area contributed by atoms with Gasteiger partial charge in [0, 0.05) is 17.2 Å². The Morgan fingerprint density at radius 2 is 1.85 bits per heavy atom. The number of allylic oxidation sites excluding steroid dienone is 1. The number of ketones is 1. The second-order valence-electron chi connectivity index (χ2n) is 6.29. The maximum atomic E-state index is 12.4. The third-order valence-electron chi connectivity index (χ3n) is 4.13. The first-order valence-corrected chi connectivity index (χ1v) is 8.36. The number of nitro benzene ring substituents is 1. The Bertz CT molecular complexity index is 886. The van der Waals surface area contributed by atoms with Crippen molar-refractivity contribution in [2.24, 2.45) is 0 Å². The van der Waals surface area contributed by atoms with Crippen LogP contribution in [0.25, 0.3) is 6.08 Å². The van der Waals surface area contributed by atoms with Crippen molar-refractivity contribution < 1.29 is 19.2 Å². The average Bonchev–Trinajstić information content (AvgIpc) is 2.65. The number of benzene rings is 2. The van der Waals surface area contributed by atoms with Crippen LogP contribution in [0.3, 0.4) is 0 Å². The van der Waals surface area contributed by atoms with Gasteiger partial charge in [0.15, 0.2) is 17.3 Å². The molecule has 0 bridgehead atoms.